The summed E-state index contributed by atoms with van der Waals surface area (Å²) in [4.78, 5) is 12.3. The van der Waals surface area contributed by atoms with Crippen molar-refractivity contribution in [3.63, 3.8) is 0 Å². The van der Waals surface area contributed by atoms with Gasteiger partial charge in [-0.05, 0) is 55.0 Å². The molecule has 0 bridgehead atoms. The van der Waals surface area contributed by atoms with E-state index in [1.54, 1.807) is 7.11 Å². The van der Waals surface area contributed by atoms with Crippen LogP contribution in [0.25, 0.3) is 0 Å². The zero-order valence-corrected chi connectivity index (χ0v) is 14.4. The third-order valence-electron chi connectivity index (χ3n) is 4.10. The number of nitrogens with one attached hydrogen (secondary N) is 1. The van der Waals surface area contributed by atoms with Gasteiger partial charge < -0.3 is 10.1 Å². The van der Waals surface area contributed by atoms with E-state index in [9.17, 15) is 4.79 Å². The summed E-state index contributed by atoms with van der Waals surface area (Å²) in [6.45, 7) is 6.15. The van der Waals surface area contributed by atoms with Crippen molar-refractivity contribution >= 4 is 11.6 Å². The predicted molar refractivity (Wildman–Crippen MR) is 95.2 cm³/mol. The average Bonchev–Trinajstić information content (AvgIpc) is 2.55. The molecule has 0 aliphatic rings. The minimum atomic E-state index is 0.0578. The third-order valence-corrected chi connectivity index (χ3v) is 4.10. The minimum Gasteiger partial charge on any atom is -0.496 e. The lowest BCUT2D eigenvalue weighted by Crippen LogP contribution is -2.14. The quantitative estimate of drug-likeness (QED) is 0.856. The normalized spacial score (nSPS) is 10.4. The van der Waals surface area contributed by atoms with Crippen LogP contribution in [0.4, 0.5) is 5.69 Å². The summed E-state index contributed by atoms with van der Waals surface area (Å²) in [5.74, 6) is 0.938. The maximum atomic E-state index is 12.3. The molecule has 3 nitrogen and oxygen atoms in total. The molecule has 1 amide bonds. The number of benzene rings is 2. The molecule has 0 atom stereocenters. The fourth-order valence-electron chi connectivity index (χ4n) is 2.76. The second-order valence-corrected chi connectivity index (χ2v) is 5.81. The lowest BCUT2D eigenvalue weighted by atomic mass is 10.0. The van der Waals surface area contributed by atoms with Gasteiger partial charge in [-0.3, -0.25) is 4.79 Å². The van der Waals surface area contributed by atoms with Gasteiger partial charge >= 0.3 is 0 Å². The lowest BCUT2D eigenvalue weighted by molar-refractivity contribution is -0.116. The van der Waals surface area contributed by atoms with Gasteiger partial charge in [-0.15, -0.1) is 0 Å². The molecule has 0 radical (unpaired) electrons. The first-order valence-corrected chi connectivity index (χ1v) is 8.07. The predicted octanol–water partition coefficient (Wildman–Crippen LogP) is 4.45. The zero-order valence-electron chi connectivity index (χ0n) is 14.4. The van der Waals surface area contributed by atoms with Crippen LogP contribution in [0.3, 0.4) is 0 Å². The summed E-state index contributed by atoms with van der Waals surface area (Å²) in [6.07, 6.45) is 2.11. The van der Waals surface area contributed by atoms with Crippen molar-refractivity contribution in [3.05, 3.63) is 58.7 Å². The largest absolute Gasteiger partial charge is 0.496 e. The minimum absolute atomic E-state index is 0.0578. The van der Waals surface area contributed by atoms with Crippen LogP contribution >= 0.6 is 0 Å². The van der Waals surface area contributed by atoms with E-state index in [2.05, 4.69) is 24.4 Å². The molecule has 23 heavy (non-hydrogen) atoms. The monoisotopic (exact) mass is 311 g/mol. The number of amides is 1. The van der Waals surface area contributed by atoms with Crippen LogP contribution in [-0.2, 0) is 17.6 Å². The number of para-hydroxylation sites is 1. The molecule has 0 saturated carbocycles. The highest BCUT2D eigenvalue weighted by atomic mass is 16.5. The van der Waals surface area contributed by atoms with Crippen molar-refractivity contribution in [1.82, 2.24) is 0 Å². The first-order valence-electron chi connectivity index (χ1n) is 8.07. The second-order valence-electron chi connectivity index (χ2n) is 5.81. The van der Waals surface area contributed by atoms with E-state index < -0.39 is 0 Å². The van der Waals surface area contributed by atoms with Crippen LogP contribution < -0.4 is 10.1 Å². The molecule has 1 N–H and O–H groups in total. The van der Waals surface area contributed by atoms with E-state index >= 15 is 0 Å². The number of ether oxygens (including phenoxy) is 1. The molecule has 0 heterocycles. The fourth-order valence-corrected chi connectivity index (χ4v) is 2.76. The fraction of sp³-hybridized carbons (Fsp3) is 0.350. The van der Waals surface area contributed by atoms with Crippen LogP contribution in [0.2, 0.25) is 0 Å². The van der Waals surface area contributed by atoms with Crippen LogP contribution in [0, 0.1) is 13.8 Å². The van der Waals surface area contributed by atoms with E-state index in [0.717, 1.165) is 41.0 Å². The van der Waals surface area contributed by atoms with Crippen molar-refractivity contribution in [1.29, 1.82) is 0 Å². The smallest absolute Gasteiger partial charge is 0.224 e. The SMILES string of the molecule is CCc1cccc(C)c1NC(=O)CCc1ccc(OC)c(C)c1. The van der Waals surface area contributed by atoms with Gasteiger partial charge in [-0.1, -0.05) is 37.3 Å². The standard InChI is InChI=1S/C20H25NO2/c1-5-17-8-6-7-14(2)20(17)21-19(22)12-10-16-9-11-18(23-4)15(3)13-16/h6-9,11,13H,5,10,12H2,1-4H3,(H,21,22). The molecule has 2 rings (SSSR count). The Labute approximate surface area is 138 Å². The van der Waals surface area contributed by atoms with Crippen LogP contribution in [-0.4, -0.2) is 13.0 Å². The maximum absolute atomic E-state index is 12.3. The number of methoxy groups -OCH3 is 1. The van der Waals surface area contributed by atoms with E-state index in [1.807, 2.05) is 38.1 Å². The molecule has 0 saturated heterocycles. The van der Waals surface area contributed by atoms with E-state index in [1.165, 1.54) is 5.56 Å². The Bertz CT molecular complexity index is 692. The Morgan fingerprint density at radius 2 is 1.91 bits per heavy atom. The molecule has 0 spiro atoms. The summed E-state index contributed by atoms with van der Waals surface area (Å²) in [5, 5.41) is 3.07. The van der Waals surface area contributed by atoms with Gasteiger partial charge in [0.05, 0.1) is 7.11 Å². The topological polar surface area (TPSA) is 38.3 Å². The van der Waals surface area contributed by atoms with Gasteiger partial charge in [0.2, 0.25) is 5.91 Å². The Balaban J connectivity index is 1.99. The highest BCUT2D eigenvalue weighted by Crippen LogP contribution is 2.22. The highest BCUT2D eigenvalue weighted by Gasteiger charge is 2.09. The van der Waals surface area contributed by atoms with Crippen molar-refractivity contribution in [3.8, 4) is 5.75 Å². The summed E-state index contributed by atoms with van der Waals surface area (Å²) in [5.41, 5.74) is 5.50. The Morgan fingerprint density at radius 1 is 1.13 bits per heavy atom. The maximum Gasteiger partial charge on any atom is 0.224 e. The molecule has 0 unspecified atom stereocenters. The number of anilines is 1. The molecule has 3 heteroatoms. The molecule has 122 valence electrons. The third kappa shape index (κ3) is 4.35. The molecular formula is C20H25NO2. The van der Waals surface area contributed by atoms with Crippen LogP contribution in [0.1, 0.15) is 35.6 Å². The van der Waals surface area contributed by atoms with Crippen molar-refractivity contribution in [2.45, 2.75) is 40.0 Å². The summed E-state index contributed by atoms with van der Waals surface area (Å²) in [6, 6.07) is 12.2. The number of hydrogen-bond donors (Lipinski definition) is 1. The number of aryl methyl sites for hydroxylation is 4. The summed E-state index contributed by atoms with van der Waals surface area (Å²) in [7, 11) is 1.67. The van der Waals surface area contributed by atoms with Gasteiger partial charge in [-0.2, -0.15) is 0 Å². The highest BCUT2D eigenvalue weighted by molar-refractivity contribution is 5.92. The number of carbonyl (C=O) groups excluding carboxylic acids is 1. The van der Waals surface area contributed by atoms with Crippen LogP contribution in [0.15, 0.2) is 36.4 Å². The number of hydrogen-bond acceptors (Lipinski definition) is 2. The number of carbonyl (C=O) groups is 1. The average molecular weight is 311 g/mol. The van der Waals surface area contributed by atoms with E-state index in [0.29, 0.717) is 6.42 Å². The van der Waals surface area contributed by atoms with Gasteiger partial charge in [0, 0.05) is 12.1 Å². The van der Waals surface area contributed by atoms with E-state index in [-0.39, 0.29) is 5.91 Å². The van der Waals surface area contributed by atoms with Crippen LogP contribution in [0.5, 0.6) is 5.75 Å². The molecule has 2 aromatic rings. The molecule has 0 fully saturated rings. The van der Waals surface area contributed by atoms with Crippen molar-refractivity contribution < 1.29 is 9.53 Å². The molecule has 2 aromatic carbocycles. The van der Waals surface area contributed by atoms with Gasteiger partial charge in [0.15, 0.2) is 0 Å². The first kappa shape index (κ1) is 17.1. The first-order chi connectivity index (χ1) is 11.0. The Hall–Kier alpha value is -2.29. The summed E-state index contributed by atoms with van der Waals surface area (Å²) >= 11 is 0. The second kappa shape index (κ2) is 7.82. The molecule has 0 aromatic heterocycles. The Kier molecular flexibility index (Phi) is 5.80. The van der Waals surface area contributed by atoms with Gasteiger partial charge in [0.1, 0.15) is 5.75 Å². The van der Waals surface area contributed by atoms with Gasteiger partial charge in [-0.25, -0.2) is 0 Å². The van der Waals surface area contributed by atoms with Gasteiger partial charge in [0.25, 0.3) is 0 Å². The van der Waals surface area contributed by atoms with Crippen molar-refractivity contribution in [2.75, 3.05) is 12.4 Å². The van der Waals surface area contributed by atoms with E-state index in [4.69, 9.17) is 4.74 Å². The lowest BCUT2D eigenvalue weighted by Gasteiger charge is -2.13. The number of rotatable bonds is 6. The zero-order chi connectivity index (χ0) is 16.8. The molecule has 0 aliphatic carbocycles. The van der Waals surface area contributed by atoms with Crippen molar-refractivity contribution in [2.24, 2.45) is 0 Å². The summed E-state index contributed by atoms with van der Waals surface area (Å²) < 4.78 is 5.26. The molecular weight excluding hydrogens is 286 g/mol. The molecule has 0 aliphatic heterocycles. The Morgan fingerprint density at radius 3 is 2.57 bits per heavy atom.